The maximum Gasteiger partial charge on any atom is 0.0113 e. The summed E-state index contributed by atoms with van der Waals surface area (Å²) in [6.45, 7) is 3.72. The van der Waals surface area contributed by atoms with Gasteiger partial charge in [0, 0.05) is 18.1 Å². The van der Waals surface area contributed by atoms with Crippen molar-refractivity contribution in [1.29, 1.82) is 0 Å². The summed E-state index contributed by atoms with van der Waals surface area (Å²) in [6.07, 6.45) is 15.9. The lowest BCUT2D eigenvalue weighted by Crippen LogP contribution is -2.51. The minimum atomic E-state index is 0.738. The van der Waals surface area contributed by atoms with Gasteiger partial charge in [-0.15, -0.1) is 0 Å². The Labute approximate surface area is 125 Å². The highest BCUT2D eigenvalue weighted by atomic mass is 15.0. The fourth-order valence-electron chi connectivity index (χ4n) is 5.03. The van der Waals surface area contributed by atoms with Crippen LogP contribution in [-0.4, -0.2) is 24.7 Å². The second-order valence-corrected chi connectivity index (χ2v) is 7.61. The Hall–Kier alpha value is -0.0800. The lowest BCUT2D eigenvalue weighted by atomic mass is 9.77. The van der Waals surface area contributed by atoms with E-state index in [4.69, 9.17) is 0 Å². The van der Waals surface area contributed by atoms with Crippen LogP contribution in [0.1, 0.15) is 77.6 Å². The first-order valence-corrected chi connectivity index (χ1v) is 9.34. The summed E-state index contributed by atoms with van der Waals surface area (Å²) in [5.74, 6) is 1.85. The summed E-state index contributed by atoms with van der Waals surface area (Å²) in [5, 5.41) is 7.84. The van der Waals surface area contributed by atoms with E-state index in [1.165, 1.54) is 77.2 Å². The first-order valence-electron chi connectivity index (χ1n) is 9.34. The SMILES string of the molecule is C[C@H](NC1CCCCC1C1CCCN1)C1CCCCC1. The first kappa shape index (κ1) is 14.8. The summed E-state index contributed by atoms with van der Waals surface area (Å²) < 4.78 is 0. The van der Waals surface area contributed by atoms with Crippen molar-refractivity contribution in [2.75, 3.05) is 6.54 Å². The standard InChI is InChI=1S/C18H34N2/c1-14(15-8-3-2-4-9-15)20-18-11-6-5-10-16(18)17-12-7-13-19-17/h14-20H,2-13H2,1H3/t14-,16?,17?,18?/m0/s1. The average molecular weight is 278 g/mol. The number of hydrogen-bond acceptors (Lipinski definition) is 2. The van der Waals surface area contributed by atoms with E-state index in [1.54, 1.807) is 0 Å². The van der Waals surface area contributed by atoms with Gasteiger partial charge in [0.1, 0.15) is 0 Å². The molecule has 0 bridgehead atoms. The lowest BCUT2D eigenvalue weighted by molar-refractivity contribution is 0.175. The largest absolute Gasteiger partial charge is 0.314 e. The van der Waals surface area contributed by atoms with Crippen LogP contribution in [0.15, 0.2) is 0 Å². The van der Waals surface area contributed by atoms with Crippen LogP contribution in [-0.2, 0) is 0 Å². The smallest absolute Gasteiger partial charge is 0.0113 e. The van der Waals surface area contributed by atoms with Gasteiger partial charge in [-0.3, -0.25) is 0 Å². The highest BCUT2D eigenvalue weighted by molar-refractivity contribution is 4.93. The Balaban J connectivity index is 1.55. The van der Waals surface area contributed by atoms with E-state index in [0.29, 0.717) is 0 Å². The van der Waals surface area contributed by atoms with E-state index in [1.807, 2.05) is 0 Å². The molecule has 2 heteroatoms. The molecule has 2 nitrogen and oxygen atoms in total. The third kappa shape index (κ3) is 3.57. The molecular formula is C18H34N2. The molecule has 116 valence electrons. The molecule has 2 saturated carbocycles. The zero-order valence-electron chi connectivity index (χ0n) is 13.4. The summed E-state index contributed by atoms with van der Waals surface area (Å²) in [7, 11) is 0. The zero-order chi connectivity index (χ0) is 13.8. The summed E-state index contributed by atoms with van der Waals surface area (Å²) in [6, 6.07) is 2.34. The third-order valence-electron chi connectivity index (χ3n) is 6.27. The predicted molar refractivity (Wildman–Crippen MR) is 85.9 cm³/mol. The van der Waals surface area contributed by atoms with Gasteiger partial charge in [0.15, 0.2) is 0 Å². The van der Waals surface area contributed by atoms with E-state index in [0.717, 1.165) is 30.0 Å². The Bertz CT molecular complexity index is 279. The quantitative estimate of drug-likeness (QED) is 0.816. The van der Waals surface area contributed by atoms with Crippen LogP contribution < -0.4 is 10.6 Å². The molecule has 1 heterocycles. The molecule has 0 aromatic heterocycles. The van der Waals surface area contributed by atoms with Gasteiger partial charge in [0.2, 0.25) is 0 Å². The normalized spacial score (nSPS) is 38.0. The molecule has 3 unspecified atom stereocenters. The topological polar surface area (TPSA) is 24.1 Å². The van der Waals surface area contributed by atoms with E-state index in [9.17, 15) is 0 Å². The van der Waals surface area contributed by atoms with Gasteiger partial charge in [0.05, 0.1) is 0 Å². The molecule has 3 rings (SSSR count). The Kier molecular flexibility index (Phi) is 5.39. The maximum atomic E-state index is 4.08. The monoisotopic (exact) mass is 278 g/mol. The van der Waals surface area contributed by atoms with Gasteiger partial charge in [-0.25, -0.2) is 0 Å². The number of hydrogen-bond donors (Lipinski definition) is 2. The minimum absolute atomic E-state index is 0.738. The molecule has 1 aliphatic heterocycles. The minimum Gasteiger partial charge on any atom is -0.314 e. The Morgan fingerprint density at radius 1 is 0.850 bits per heavy atom. The van der Waals surface area contributed by atoms with Gasteiger partial charge < -0.3 is 10.6 Å². The fraction of sp³-hybridized carbons (Fsp3) is 1.00. The van der Waals surface area contributed by atoms with Crippen molar-refractivity contribution in [1.82, 2.24) is 10.6 Å². The van der Waals surface area contributed by atoms with Crippen molar-refractivity contribution < 1.29 is 0 Å². The molecule has 3 fully saturated rings. The molecular weight excluding hydrogens is 244 g/mol. The fourth-order valence-corrected chi connectivity index (χ4v) is 5.03. The van der Waals surface area contributed by atoms with E-state index >= 15 is 0 Å². The van der Waals surface area contributed by atoms with Crippen LogP contribution in [0.5, 0.6) is 0 Å². The van der Waals surface area contributed by atoms with Crippen molar-refractivity contribution in [3.63, 3.8) is 0 Å². The van der Waals surface area contributed by atoms with Gasteiger partial charge in [-0.05, 0) is 63.8 Å². The van der Waals surface area contributed by atoms with Gasteiger partial charge in [0.25, 0.3) is 0 Å². The maximum absolute atomic E-state index is 4.08. The van der Waals surface area contributed by atoms with Crippen LogP contribution in [0.3, 0.4) is 0 Å². The molecule has 2 N–H and O–H groups in total. The van der Waals surface area contributed by atoms with Crippen molar-refractivity contribution in [3.8, 4) is 0 Å². The van der Waals surface area contributed by atoms with Gasteiger partial charge in [-0.1, -0.05) is 32.1 Å². The molecule has 2 aliphatic carbocycles. The molecule has 4 atom stereocenters. The van der Waals surface area contributed by atoms with E-state index in [2.05, 4.69) is 17.6 Å². The van der Waals surface area contributed by atoms with Crippen molar-refractivity contribution >= 4 is 0 Å². The molecule has 0 aromatic rings. The van der Waals surface area contributed by atoms with Crippen molar-refractivity contribution in [2.24, 2.45) is 11.8 Å². The van der Waals surface area contributed by atoms with Crippen molar-refractivity contribution in [2.45, 2.75) is 95.7 Å². The molecule has 0 aromatic carbocycles. The Morgan fingerprint density at radius 3 is 2.35 bits per heavy atom. The number of rotatable bonds is 4. The average Bonchev–Trinajstić information content (AvgIpc) is 3.03. The molecule has 3 aliphatic rings. The van der Waals surface area contributed by atoms with Crippen LogP contribution >= 0.6 is 0 Å². The second-order valence-electron chi connectivity index (χ2n) is 7.61. The number of nitrogens with one attached hydrogen (secondary N) is 2. The highest BCUT2D eigenvalue weighted by Gasteiger charge is 2.34. The summed E-state index contributed by atoms with van der Waals surface area (Å²) in [4.78, 5) is 0. The zero-order valence-corrected chi connectivity index (χ0v) is 13.4. The molecule has 0 radical (unpaired) electrons. The van der Waals surface area contributed by atoms with E-state index in [-0.39, 0.29) is 0 Å². The molecule has 20 heavy (non-hydrogen) atoms. The Morgan fingerprint density at radius 2 is 1.60 bits per heavy atom. The van der Waals surface area contributed by atoms with Crippen LogP contribution in [0.2, 0.25) is 0 Å². The van der Waals surface area contributed by atoms with Crippen LogP contribution in [0.25, 0.3) is 0 Å². The summed E-state index contributed by atoms with van der Waals surface area (Å²) in [5.41, 5.74) is 0. The first-order chi connectivity index (χ1) is 9.84. The van der Waals surface area contributed by atoms with Crippen molar-refractivity contribution in [3.05, 3.63) is 0 Å². The molecule has 0 amide bonds. The van der Waals surface area contributed by atoms with Crippen LogP contribution in [0, 0.1) is 11.8 Å². The highest BCUT2D eigenvalue weighted by Crippen LogP contribution is 2.33. The van der Waals surface area contributed by atoms with Gasteiger partial charge in [-0.2, -0.15) is 0 Å². The van der Waals surface area contributed by atoms with Crippen LogP contribution in [0.4, 0.5) is 0 Å². The molecule has 0 spiro atoms. The lowest BCUT2D eigenvalue weighted by Gasteiger charge is -2.40. The van der Waals surface area contributed by atoms with E-state index < -0.39 is 0 Å². The second kappa shape index (κ2) is 7.26. The third-order valence-corrected chi connectivity index (χ3v) is 6.27. The summed E-state index contributed by atoms with van der Waals surface area (Å²) >= 11 is 0. The van der Waals surface area contributed by atoms with Gasteiger partial charge >= 0.3 is 0 Å². The molecule has 1 saturated heterocycles. The predicted octanol–water partition coefficient (Wildman–Crippen LogP) is 3.86.